The van der Waals surface area contributed by atoms with Crippen LogP contribution >= 0.6 is 7.52 Å². The third kappa shape index (κ3) is 8.54. The summed E-state index contributed by atoms with van der Waals surface area (Å²) in [5, 5.41) is 6.77. The lowest BCUT2D eigenvalue weighted by Crippen LogP contribution is -2.23. The van der Waals surface area contributed by atoms with Crippen LogP contribution < -0.4 is 15.3 Å². The number of nitrogens with zero attached hydrogens (tertiary/aromatic N) is 4. The average molecular weight is 478 g/mol. The van der Waals surface area contributed by atoms with Crippen molar-refractivity contribution in [2.24, 2.45) is 0 Å². The summed E-state index contributed by atoms with van der Waals surface area (Å²) in [6, 6.07) is 8.71. The lowest BCUT2D eigenvalue weighted by molar-refractivity contribution is -0.106. The van der Waals surface area contributed by atoms with Crippen LogP contribution in [0.3, 0.4) is 0 Å². The third-order valence-corrected chi connectivity index (χ3v) is 5.97. The number of aldehydes is 1. The summed E-state index contributed by atoms with van der Waals surface area (Å²) in [7, 11) is -1.73. The number of anilines is 1. The lowest BCUT2D eigenvalue weighted by atomic mass is 10.2. The van der Waals surface area contributed by atoms with Crippen molar-refractivity contribution in [1.29, 1.82) is 0 Å². The van der Waals surface area contributed by atoms with Crippen molar-refractivity contribution in [2.75, 3.05) is 25.7 Å². The van der Waals surface area contributed by atoms with Crippen molar-refractivity contribution in [3.63, 3.8) is 0 Å². The van der Waals surface area contributed by atoms with E-state index >= 15 is 0 Å². The molecule has 2 atom stereocenters. The fourth-order valence-corrected chi connectivity index (χ4v) is 4.01. The van der Waals surface area contributed by atoms with Gasteiger partial charge in [0.1, 0.15) is 24.7 Å². The molecule has 0 spiro atoms. The predicted molar refractivity (Wildman–Crippen MR) is 125 cm³/mol. The van der Waals surface area contributed by atoms with E-state index in [-0.39, 0.29) is 24.8 Å². The quantitative estimate of drug-likeness (QED) is 0.312. The molecule has 3 rings (SSSR count). The number of methoxy groups -OCH3 is 1. The minimum Gasteiger partial charge on any atom is -0.431 e. The van der Waals surface area contributed by atoms with Gasteiger partial charge in [-0.3, -0.25) is 4.57 Å². The molecule has 0 aliphatic rings. The maximum Gasteiger partial charge on any atom is 0.342 e. The van der Waals surface area contributed by atoms with Gasteiger partial charge in [-0.25, -0.2) is 19.6 Å². The van der Waals surface area contributed by atoms with Crippen molar-refractivity contribution in [3.8, 4) is 5.75 Å². The molecule has 0 radical (unpaired) electrons. The largest absolute Gasteiger partial charge is 0.431 e. The fourth-order valence-electron chi connectivity index (χ4n) is 2.53. The molecule has 2 heterocycles. The second kappa shape index (κ2) is 13.0. The standard InChI is InChI=1S/C17H21N6O4P.C4H10O/c1-13(9-14-10-19-17-16(18)20-11-21-23(14)17)26-12-28(25,22-7-8-24)27-15-5-3-2-4-6-15;1-4(2)5-3/h2-6,8,10-11,13H,7,9,12H2,1H3,(H,22,25)(H2,18,20,21);4H,1-3H3/t13-,28?;/m1./s1. The summed E-state index contributed by atoms with van der Waals surface area (Å²) >= 11 is 0. The smallest absolute Gasteiger partial charge is 0.342 e. The van der Waals surface area contributed by atoms with E-state index in [1.807, 2.05) is 26.8 Å². The molecular formula is C21H31N6O5P. The molecule has 0 fully saturated rings. The number of imidazole rings is 1. The van der Waals surface area contributed by atoms with Gasteiger partial charge in [-0.1, -0.05) is 18.2 Å². The number of nitrogens with two attached hydrogens (primary N) is 1. The molecule has 1 aromatic carbocycles. The molecular weight excluding hydrogens is 447 g/mol. The Morgan fingerprint density at radius 2 is 1.91 bits per heavy atom. The molecule has 1 unspecified atom stereocenters. The molecule has 0 amide bonds. The Bertz CT molecular complexity index is 1050. The highest BCUT2D eigenvalue weighted by Crippen LogP contribution is 2.43. The maximum absolute atomic E-state index is 13.0. The first-order valence-electron chi connectivity index (χ1n) is 10.4. The monoisotopic (exact) mass is 478 g/mol. The summed E-state index contributed by atoms with van der Waals surface area (Å²) in [6.45, 7) is 5.72. The summed E-state index contributed by atoms with van der Waals surface area (Å²) in [5.41, 5.74) is 7.02. The molecule has 0 aliphatic heterocycles. The van der Waals surface area contributed by atoms with Gasteiger partial charge < -0.3 is 24.5 Å². The van der Waals surface area contributed by atoms with Crippen LogP contribution in [0.15, 0.2) is 42.9 Å². The molecule has 3 N–H and O–H groups in total. The molecule has 2 aromatic heterocycles. The Kier molecular flexibility index (Phi) is 10.4. The first kappa shape index (κ1) is 26.4. The first-order valence-corrected chi connectivity index (χ1v) is 12.2. The molecule has 12 heteroatoms. The number of carbonyl (C=O) groups is 1. The topological polar surface area (TPSA) is 143 Å². The summed E-state index contributed by atoms with van der Waals surface area (Å²) < 4.78 is 30.7. The predicted octanol–water partition coefficient (Wildman–Crippen LogP) is 2.71. The molecule has 11 nitrogen and oxygen atoms in total. The third-order valence-electron chi connectivity index (χ3n) is 4.31. The van der Waals surface area contributed by atoms with Crippen molar-refractivity contribution in [3.05, 3.63) is 48.5 Å². The summed E-state index contributed by atoms with van der Waals surface area (Å²) in [5.74, 6) is 0.711. The zero-order valence-corrected chi connectivity index (χ0v) is 20.1. The number of nitrogen functional groups attached to an aromatic ring is 1. The van der Waals surface area contributed by atoms with Crippen LogP contribution in [0.25, 0.3) is 5.65 Å². The van der Waals surface area contributed by atoms with Gasteiger partial charge >= 0.3 is 7.52 Å². The number of para-hydroxylation sites is 1. The Morgan fingerprint density at radius 1 is 1.21 bits per heavy atom. The summed E-state index contributed by atoms with van der Waals surface area (Å²) in [4.78, 5) is 18.8. The minimum absolute atomic E-state index is 0.106. The normalized spacial score (nSPS) is 13.7. The Hall–Kier alpha value is -2.85. The molecule has 180 valence electrons. The Labute approximate surface area is 193 Å². The molecule has 0 aliphatic carbocycles. The van der Waals surface area contributed by atoms with E-state index in [1.165, 1.54) is 6.33 Å². The molecule has 3 aromatic rings. The van der Waals surface area contributed by atoms with E-state index in [0.717, 1.165) is 5.69 Å². The van der Waals surface area contributed by atoms with Gasteiger partial charge in [0.25, 0.3) is 0 Å². The SMILES string of the molecule is COC(C)C.C[C@H](Cc1cnc2c(N)ncnn12)OCP(=O)(NCC=O)Oc1ccccc1. The van der Waals surface area contributed by atoms with Gasteiger partial charge in [0, 0.05) is 13.5 Å². The zero-order chi connectivity index (χ0) is 24.3. The Morgan fingerprint density at radius 3 is 2.55 bits per heavy atom. The molecule has 0 saturated heterocycles. The highest BCUT2D eigenvalue weighted by Gasteiger charge is 2.26. The Balaban J connectivity index is 0.000000696. The highest BCUT2D eigenvalue weighted by atomic mass is 31.2. The molecule has 0 saturated carbocycles. The van der Waals surface area contributed by atoms with Crippen LogP contribution in [0.2, 0.25) is 0 Å². The second-order valence-electron chi connectivity index (χ2n) is 7.33. The van der Waals surface area contributed by atoms with E-state index in [0.29, 0.717) is 30.2 Å². The zero-order valence-electron chi connectivity index (χ0n) is 19.2. The van der Waals surface area contributed by atoms with Crippen molar-refractivity contribution >= 4 is 25.3 Å². The fraction of sp³-hybridized carbons (Fsp3) is 0.429. The highest BCUT2D eigenvalue weighted by molar-refractivity contribution is 7.57. The van der Waals surface area contributed by atoms with Gasteiger partial charge in [-0.15, -0.1) is 0 Å². The number of carbonyl (C=O) groups excluding carboxylic acids is 1. The number of hydrogen-bond acceptors (Lipinski definition) is 9. The van der Waals surface area contributed by atoms with Crippen LogP contribution in [0.1, 0.15) is 26.5 Å². The number of nitrogens with one attached hydrogen (secondary N) is 1. The van der Waals surface area contributed by atoms with E-state index in [2.05, 4.69) is 20.2 Å². The number of benzene rings is 1. The van der Waals surface area contributed by atoms with E-state index < -0.39 is 7.52 Å². The van der Waals surface area contributed by atoms with Crippen molar-refractivity contribution < 1.29 is 23.4 Å². The van der Waals surface area contributed by atoms with Crippen molar-refractivity contribution in [1.82, 2.24) is 24.7 Å². The van der Waals surface area contributed by atoms with Crippen LogP contribution in [-0.2, 0) is 25.3 Å². The van der Waals surface area contributed by atoms with Crippen LogP contribution in [0.4, 0.5) is 5.82 Å². The number of rotatable bonds is 11. The number of ether oxygens (including phenoxy) is 2. The van der Waals surface area contributed by atoms with Crippen LogP contribution in [0.5, 0.6) is 5.75 Å². The number of fused-ring (bicyclic) bond motifs is 1. The van der Waals surface area contributed by atoms with Crippen molar-refractivity contribution in [2.45, 2.75) is 39.4 Å². The van der Waals surface area contributed by atoms with Gasteiger partial charge in [-0.2, -0.15) is 5.10 Å². The average Bonchev–Trinajstić information content (AvgIpc) is 3.21. The van der Waals surface area contributed by atoms with Crippen LogP contribution in [-0.4, -0.2) is 58.1 Å². The molecule has 33 heavy (non-hydrogen) atoms. The summed E-state index contributed by atoms with van der Waals surface area (Å²) in [6.07, 6.45) is 3.93. The van der Waals surface area contributed by atoms with Gasteiger partial charge in [0.2, 0.25) is 0 Å². The number of hydrogen-bond donors (Lipinski definition) is 2. The van der Waals surface area contributed by atoms with Gasteiger partial charge in [-0.05, 0) is 32.9 Å². The van der Waals surface area contributed by atoms with E-state index in [9.17, 15) is 9.36 Å². The minimum atomic E-state index is -3.43. The number of aromatic nitrogens is 4. The van der Waals surface area contributed by atoms with Crippen LogP contribution in [0, 0.1) is 0 Å². The molecule has 0 bridgehead atoms. The van der Waals surface area contributed by atoms with E-state index in [1.54, 1.807) is 42.1 Å². The van der Waals surface area contributed by atoms with Gasteiger partial charge in [0.15, 0.2) is 11.5 Å². The van der Waals surface area contributed by atoms with Gasteiger partial charge in [0.05, 0.1) is 30.6 Å². The maximum atomic E-state index is 13.0. The van der Waals surface area contributed by atoms with E-state index in [4.69, 9.17) is 19.7 Å². The first-order chi connectivity index (χ1) is 15.8. The second-order valence-corrected chi connectivity index (χ2v) is 9.44. The lowest BCUT2D eigenvalue weighted by Gasteiger charge is -2.21.